The van der Waals surface area contributed by atoms with Crippen LogP contribution in [-0.4, -0.2) is 41.1 Å². The fourth-order valence-corrected chi connectivity index (χ4v) is 3.26. The van der Waals surface area contributed by atoms with Crippen molar-refractivity contribution >= 4 is 12.0 Å². The second-order valence-corrected chi connectivity index (χ2v) is 6.20. The van der Waals surface area contributed by atoms with E-state index in [1.165, 1.54) is 0 Å². The fraction of sp³-hybridized carbons (Fsp3) is 0.875. The van der Waals surface area contributed by atoms with Gasteiger partial charge in [-0.3, -0.25) is 4.79 Å². The van der Waals surface area contributed by atoms with E-state index < -0.39 is 11.4 Å². The summed E-state index contributed by atoms with van der Waals surface area (Å²) >= 11 is 0. The number of carbonyl (C=O) groups excluding carboxylic acids is 1. The predicted octanol–water partition coefficient (Wildman–Crippen LogP) is 3.24. The molecule has 21 heavy (non-hydrogen) atoms. The molecule has 1 heterocycles. The van der Waals surface area contributed by atoms with Crippen LogP contribution < -0.4 is 5.32 Å². The van der Waals surface area contributed by atoms with Gasteiger partial charge >= 0.3 is 12.0 Å². The van der Waals surface area contributed by atoms with Crippen LogP contribution in [0.15, 0.2) is 0 Å². The highest BCUT2D eigenvalue weighted by Crippen LogP contribution is 2.35. The normalized spacial score (nSPS) is 23.7. The molecule has 122 valence electrons. The molecule has 2 amide bonds. The molecule has 0 aromatic rings. The van der Waals surface area contributed by atoms with E-state index in [0.29, 0.717) is 25.9 Å². The number of piperidine rings is 1. The highest BCUT2D eigenvalue weighted by Gasteiger charge is 2.42. The summed E-state index contributed by atoms with van der Waals surface area (Å²) in [5, 5.41) is 12.6. The van der Waals surface area contributed by atoms with Crippen LogP contribution >= 0.6 is 0 Å². The third kappa shape index (κ3) is 4.61. The van der Waals surface area contributed by atoms with Gasteiger partial charge in [0.05, 0.1) is 5.41 Å². The molecule has 0 aromatic heterocycles. The monoisotopic (exact) mass is 298 g/mol. The molecule has 1 rings (SSSR count). The summed E-state index contributed by atoms with van der Waals surface area (Å²) < 4.78 is 0. The molecule has 0 aliphatic carbocycles. The van der Waals surface area contributed by atoms with Gasteiger partial charge < -0.3 is 15.3 Å². The molecule has 2 N–H and O–H groups in total. The number of urea groups is 1. The molecule has 1 saturated heterocycles. The van der Waals surface area contributed by atoms with Crippen LogP contribution in [0.3, 0.4) is 0 Å². The van der Waals surface area contributed by atoms with Crippen LogP contribution in [0.4, 0.5) is 4.79 Å². The third-order valence-electron chi connectivity index (χ3n) is 4.50. The molecule has 0 bridgehead atoms. The van der Waals surface area contributed by atoms with Crippen LogP contribution in [-0.2, 0) is 4.79 Å². The van der Waals surface area contributed by atoms with Crippen molar-refractivity contribution in [2.45, 2.75) is 71.8 Å². The van der Waals surface area contributed by atoms with Gasteiger partial charge in [-0.1, -0.05) is 33.6 Å². The zero-order valence-electron chi connectivity index (χ0n) is 13.7. The average molecular weight is 298 g/mol. The first kappa shape index (κ1) is 17.8. The minimum atomic E-state index is -0.762. The Hall–Kier alpha value is -1.26. The average Bonchev–Trinajstić information content (AvgIpc) is 2.47. The molecule has 0 saturated carbocycles. The van der Waals surface area contributed by atoms with Crippen molar-refractivity contribution in [2.75, 3.05) is 13.1 Å². The van der Waals surface area contributed by atoms with E-state index in [0.717, 1.165) is 32.1 Å². The zero-order valence-corrected chi connectivity index (χ0v) is 13.7. The number of hydrogen-bond acceptors (Lipinski definition) is 2. The lowest BCUT2D eigenvalue weighted by Crippen LogP contribution is -2.54. The summed E-state index contributed by atoms with van der Waals surface area (Å²) in [5.41, 5.74) is -0.753. The van der Waals surface area contributed by atoms with Crippen molar-refractivity contribution in [1.29, 1.82) is 0 Å². The molecular weight excluding hydrogens is 268 g/mol. The highest BCUT2D eigenvalue weighted by atomic mass is 16.4. The summed E-state index contributed by atoms with van der Waals surface area (Å²) in [7, 11) is 0. The third-order valence-corrected chi connectivity index (χ3v) is 4.50. The topological polar surface area (TPSA) is 69.6 Å². The maximum atomic E-state index is 12.4. The second-order valence-electron chi connectivity index (χ2n) is 6.20. The summed E-state index contributed by atoms with van der Waals surface area (Å²) in [6.45, 7) is 7.16. The number of nitrogens with one attached hydrogen (secondary N) is 1. The molecule has 2 unspecified atom stereocenters. The quantitative estimate of drug-likeness (QED) is 0.758. The molecule has 1 aliphatic rings. The maximum absolute atomic E-state index is 12.4. The van der Waals surface area contributed by atoms with Crippen molar-refractivity contribution in [3.63, 3.8) is 0 Å². The van der Waals surface area contributed by atoms with Gasteiger partial charge in [-0.2, -0.15) is 0 Å². The van der Waals surface area contributed by atoms with Crippen molar-refractivity contribution in [3.05, 3.63) is 0 Å². The minimum Gasteiger partial charge on any atom is -0.481 e. The zero-order chi connectivity index (χ0) is 15.9. The Kier molecular flexibility index (Phi) is 6.99. The Balaban J connectivity index is 2.70. The fourth-order valence-electron chi connectivity index (χ4n) is 3.26. The largest absolute Gasteiger partial charge is 0.481 e. The van der Waals surface area contributed by atoms with Crippen LogP contribution in [0.2, 0.25) is 0 Å². The Morgan fingerprint density at radius 2 is 2.00 bits per heavy atom. The van der Waals surface area contributed by atoms with E-state index in [1.807, 2.05) is 6.92 Å². The highest BCUT2D eigenvalue weighted by molar-refractivity contribution is 5.79. The number of amides is 2. The SMILES string of the molecule is CCCC(CC)NC(=O)N1CCCC(CCC)(C(=O)O)C1. The van der Waals surface area contributed by atoms with Gasteiger partial charge in [0.1, 0.15) is 0 Å². The van der Waals surface area contributed by atoms with Crippen molar-refractivity contribution in [3.8, 4) is 0 Å². The smallest absolute Gasteiger partial charge is 0.317 e. The van der Waals surface area contributed by atoms with Crippen molar-refractivity contribution in [2.24, 2.45) is 5.41 Å². The molecule has 5 nitrogen and oxygen atoms in total. The molecule has 0 spiro atoms. The maximum Gasteiger partial charge on any atom is 0.317 e. The van der Waals surface area contributed by atoms with Gasteiger partial charge in [-0.05, 0) is 32.1 Å². The number of hydrogen-bond donors (Lipinski definition) is 2. The van der Waals surface area contributed by atoms with E-state index >= 15 is 0 Å². The number of nitrogens with zero attached hydrogens (tertiary/aromatic N) is 1. The first-order valence-corrected chi connectivity index (χ1v) is 8.28. The molecular formula is C16H30N2O3. The molecule has 2 atom stereocenters. The van der Waals surface area contributed by atoms with E-state index in [9.17, 15) is 14.7 Å². The number of carboxylic acids is 1. The number of carboxylic acid groups (broad SMARTS) is 1. The number of carbonyl (C=O) groups is 2. The van der Waals surface area contributed by atoms with Crippen LogP contribution in [0.1, 0.15) is 65.7 Å². The van der Waals surface area contributed by atoms with Gasteiger partial charge in [0, 0.05) is 19.1 Å². The van der Waals surface area contributed by atoms with Crippen molar-refractivity contribution in [1.82, 2.24) is 10.2 Å². The predicted molar refractivity (Wildman–Crippen MR) is 83.3 cm³/mol. The first-order chi connectivity index (χ1) is 9.99. The van der Waals surface area contributed by atoms with E-state index in [-0.39, 0.29) is 12.1 Å². The lowest BCUT2D eigenvalue weighted by atomic mass is 9.76. The number of likely N-dealkylation sites (tertiary alicyclic amines) is 1. The van der Waals surface area contributed by atoms with Gasteiger partial charge in [-0.15, -0.1) is 0 Å². The molecule has 0 aromatic carbocycles. The lowest BCUT2D eigenvalue weighted by Gasteiger charge is -2.40. The number of rotatable bonds is 7. The van der Waals surface area contributed by atoms with E-state index in [1.54, 1.807) is 4.90 Å². The van der Waals surface area contributed by atoms with Crippen LogP contribution in [0.5, 0.6) is 0 Å². The van der Waals surface area contributed by atoms with Crippen LogP contribution in [0.25, 0.3) is 0 Å². The van der Waals surface area contributed by atoms with E-state index in [4.69, 9.17) is 0 Å². The van der Waals surface area contributed by atoms with Gasteiger partial charge in [0.15, 0.2) is 0 Å². The van der Waals surface area contributed by atoms with Gasteiger partial charge in [0.2, 0.25) is 0 Å². The summed E-state index contributed by atoms with van der Waals surface area (Å²) in [6.07, 6.45) is 5.82. The van der Waals surface area contributed by atoms with Crippen molar-refractivity contribution < 1.29 is 14.7 Å². The Labute approximate surface area is 128 Å². The lowest BCUT2D eigenvalue weighted by molar-refractivity contribution is -0.152. The summed E-state index contributed by atoms with van der Waals surface area (Å²) in [5.74, 6) is -0.762. The summed E-state index contributed by atoms with van der Waals surface area (Å²) in [6, 6.07) is 0.0894. The Morgan fingerprint density at radius 1 is 1.29 bits per heavy atom. The second kappa shape index (κ2) is 8.25. The van der Waals surface area contributed by atoms with Gasteiger partial charge in [-0.25, -0.2) is 4.79 Å². The van der Waals surface area contributed by atoms with Crippen LogP contribution in [0, 0.1) is 5.41 Å². The molecule has 0 radical (unpaired) electrons. The number of aliphatic carboxylic acids is 1. The molecule has 5 heteroatoms. The van der Waals surface area contributed by atoms with E-state index in [2.05, 4.69) is 19.2 Å². The standard InChI is InChI=1S/C16H30N2O3/c1-4-8-13(6-3)17-15(21)18-11-7-10-16(12-18,9-5-2)14(19)20/h13H,4-12H2,1-3H3,(H,17,21)(H,19,20). The molecule has 1 aliphatic heterocycles. The first-order valence-electron chi connectivity index (χ1n) is 8.28. The molecule has 1 fully saturated rings. The Bertz CT molecular complexity index is 355. The minimum absolute atomic E-state index is 0.100. The Morgan fingerprint density at radius 3 is 2.52 bits per heavy atom. The summed E-state index contributed by atoms with van der Waals surface area (Å²) in [4.78, 5) is 25.7. The van der Waals surface area contributed by atoms with Gasteiger partial charge in [0.25, 0.3) is 0 Å².